The van der Waals surface area contributed by atoms with Crippen LogP contribution in [0.1, 0.15) is 16.7 Å². The second-order valence-electron chi connectivity index (χ2n) is 7.30. The van der Waals surface area contributed by atoms with E-state index in [0.29, 0.717) is 6.42 Å². The van der Waals surface area contributed by atoms with E-state index < -0.39 is 0 Å². The van der Waals surface area contributed by atoms with Crippen LogP contribution in [0.4, 0.5) is 0 Å². The molecule has 0 radical (unpaired) electrons. The largest absolute Gasteiger partial charge is 0.340 e. The van der Waals surface area contributed by atoms with Gasteiger partial charge in [0.15, 0.2) is 0 Å². The van der Waals surface area contributed by atoms with E-state index in [1.54, 1.807) is 0 Å². The number of benzene rings is 2. The normalized spacial score (nSPS) is 15.2. The zero-order valence-electron chi connectivity index (χ0n) is 15.8. The van der Waals surface area contributed by atoms with Crippen molar-refractivity contribution >= 4 is 16.8 Å². The van der Waals surface area contributed by atoms with Gasteiger partial charge in [0.05, 0.1) is 11.9 Å². The highest BCUT2D eigenvalue weighted by Gasteiger charge is 2.21. The lowest BCUT2D eigenvalue weighted by molar-refractivity contribution is -0.132. The van der Waals surface area contributed by atoms with Crippen LogP contribution in [0.15, 0.2) is 60.8 Å². The van der Waals surface area contributed by atoms with E-state index in [2.05, 4.69) is 41.1 Å². The Morgan fingerprint density at radius 2 is 1.74 bits per heavy atom. The molecule has 1 saturated heterocycles. The molecule has 1 fully saturated rings. The fourth-order valence-electron chi connectivity index (χ4n) is 3.70. The summed E-state index contributed by atoms with van der Waals surface area (Å²) in [6, 6.07) is 18.6. The molecule has 138 valence electrons. The van der Waals surface area contributed by atoms with E-state index in [4.69, 9.17) is 0 Å². The molecule has 0 aliphatic carbocycles. The van der Waals surface area contributed by atoms with Crippen LogP contribution < -0.4 is 0 Å². The number of carbonyl (C=O) groups is 1. The first-order valence-electron chi connectivity index (χ1n) is 9.57. The van der Waals surface area contributed by atoms with Crippen molar-refractivity contribution in [1.82, 2.24) is 14.8 Å². The first kappa shape index (κ1) is 17.7. The molecule has 1 aliphatic heterocycles. The van der Waals surface area contributed by atoms with Crippen LogP contribution in [-0.2, 0) is 17.8 Å². The number of hydrogen-bond acceptors (Lipinski definition) is 3. The van der Waals surface area contributed by atoms with Gasteiger partial charge < -0.3 is 4.90 Å². The monoisotopic (exact) mass is 359 g/mol. The molecule has 0 N–H and O–H groups in total. The van der Waals surface area contributed by atoms with E-state index in [9.17, 15) is 4.79 Å². The van der Waals surface area contributed by atoms with Crippen LogP contribution in [0.25, 0.3) is 10.9 Å². The molecule has 2 heterocycles. The summed E-state index contributed by atoms with van der Waals surface area (Å²) in [6.07, 6.45) is 2.47. The fourth-order valence-corrected chi connectivity index (χ4v) is 3.70. The second-order valence-corrected chi connectivity index (χ2v) is 7.30. The number of aromatic nitrogens is 1. The third-order valence-corrected chi connectivity index (χ3v) is 5.38. The van der Waals surface area contributed by atoms with E-state index in [1.807, 2.05) is 41.4 Å². The van der Waals surface area contributed by atoms with Gasteiger partial charge in [0.25, 0.3) is 0 Å². The average Bonchev–Trinajstić information content (AvgIpc) is 2.70. The minimum atomic E-state index is 0.233. The van der Waals surface area contributed by atoms with Crippen molar-refractivity contribution in [3.8, 4) is 0 Å². The van der Waals surface area contributed by atoms with Crippen LogP contribution in [0.3, 0.4) is 0 Å². The average molecular weight is 359 g/mol. The van der Waals surface area contributed by atoms with E-state index >= 15 is 0 Å². The molecular formula is C23H25N3O. The van der Waals surface area contributed by atoms with Crippen molar-refractivity contribution in [3.63, 3.8) is 0 Å². The Bertz CT molecular complexity index is 945. The smallest absolute Gasteiger partial charge is 0.227 e. The Morgan fingerprint density at radius 3 is 2.56 bits per heavy atom. The van der Waals surface area contributed by atoms with Gasteiger partial charge in [-0.2, -0.15) is 0 Å². The molecule has 0 unspecified atom stereocenters. The van der Waals surface area contributed by atoms with Crippen LogP contribution in [0.5, 0.6) is 0 Å². The van der Waals surface area contributed by atoms with Gasteiger partial charge in [-0.3, -0.25) is 14.7 Å². The molecule has 4 nitrogen and oxygen atoms in total. The molecule has 1 aliphatic rings. The van der Waals surface area contributed by atoms with Crippen LogP contribution in [-0.4, -0.2) is 46.9 Å². The van der Waals surface area contributed by atoms with Crippen LogP contribution >= 0.6 is 0 Å². The first-order chi connectivity index (χ1) is 13.2. The predicted octanol–water partition coefficient (Wildman–Crippen LogP) is 3.43. The standard InChI is InChI=1S/C23H25N3O/c1-18-6-2-3-7-20(18)15-23(27)26-12-10-25(11-13-26)17-19-14-21-8-4-5-9-22(21)24-16-19/h2-9,14,16H,10-13,15,17H2,1H3. The lowest BCUT2D eigenvalue weighted by atomic mass is 10.1. The van der Waals surface area contributed by atoms with Gasteiger partial charge in [0.1, 0.15) is 0 Å². The molecule has 2 aromatic carbocycles. The molecule has 0 bridgehead atoms. The molecule has 4 heteroatoms. The van der Waals surface area contributed by atoms with Gasteiger partial charge in [-0.25, -0.2) is 0 Å². The highest BCUT2D eigenvalue weighted by Crippen LogP contribution is 2.16. The Morgan fingerprint density at radius 1 is 1.00 bits per heavy atom. The third kappa shape index (κ3) is 4.17. The third-order valence-electron chi connectivity index (χ3n) is 5.38. The van der Waals surface area contributed by atoms with Crippen molar-refractivity contribution in [2.75, 3.05) is 26.2 Å². The lowest BCUT2D eigenvalue weighted by Crippen LogP contribution is -2.48. The Labute approximate surface area is 160 Å². The minimum absolute atomic E-state index is 0.233. The summed E-state index contributed by atoms with van der Waals surface area (Å²) in [5.41, 5.74) is 4.58. The number of rotatable bonds is 4. The lowest BCUT2D eigenvalue weighted by Gasteiger charge is -2.35. The van der Waals surface area contributed by atoms with Crippen molar-refractivity contribution < 1.29 is 4.79 Å². The van der Waals surface area contributed by atoms with Gasteiger partial charge in [0, 0.05) is 44.3 Å². The van der Waals surface area contributed by atoms with Gasteiger partial charge in [0.2, 0.25) is 5.91 Å². The van der Waals surface area contributed by atoms with Crippen molar-refractivity contribution in [1.29, 1.82) is 0 Å². The summed E-state index contributed by atoms with van der Waals surface area (Å²) < 4.78 is 0. The van der Waals surface area contributed by atoms with Gasteiger partial charge in [-0.05, 0) is 35.7 Å². The number of nitrogens with zero attached hydrogens (tertiary/aromatic N) is 3. The molecule has 3 aromatic rings. The van der Waals surface area contributed by atoms with E-state index in [1.165, 1.54) is 16.5 Å². The maximum atomic E-state index is 12.6. The topological polar surface area (TPSA) is 36.4 Å². The molecular weight excluding hydrogens is 334 g/mol. The van der Waals surface area contributed by atoms with Gasteiger partial charge >= 0.3 is 0 Å². The van der Waals surface area contributed by atoms with E-state index in [-0.39, 0.29) is 5.91 Å². The number of pyridine rings is 1. The molecule has 0 atom stereocenters. The number of hydrogen-bond donors (Lipinski definition) is 0. The van der Waals surface area contributed by atoms with Crippen molar-refractivity contribution in [3.05, 3.63) is 77.5 Å². The summed E-state index contributed by atoms with van der Waals surface area (Å²) >= 11 is 0. The maximum absolute atomic E-state index is 12.6. The SMILES string of the molecule is Cc1ccccc1CC(=O)N1CCN(Cc2cnc3ccccc3c2)CC1. The zero-order chi connectivity index (χ0) is 18.6. The van der Waals surface area contributed by atoms with E-state index in [0.717, 1.165) is 43.8 Å². The fraction of sp³-hybridized carbons (Fsp3) is 0.304. The summed E-state index contributed by atoms with van der Waals surface area (Å²) in [6.45, 7) is 6.37. The molecule has 4 rings (SSSR count). The highest BCUT2D eigenvalue weighted by molar-refractivity contribution is 5.79. The zero-order valence-corrected chi connectivity index (χ0v) is 15.8. The first-order valence-corrected chi connectivity index (χ1v) is 9.57. The molecule has 0 spiro atoms. The van der Waals surface area contributed by atoms with Crippen LogP contribution in [0, 0.1) is 6.92 Å². The molecule has 1 aromatic heterocycles. The predicted molar refractivity (Wildman–Crippen MR) is 108 cm³/mol. The van der Waals surface area contributed by atoms with Gasteiger partial charge in [-0.1, -0.05) is 42.5 Å². The number of carbonyl (C=O) groups excluding carboxylic acids is 1. The maximum Gasteiger partial charge on any atom is 0.227 e. The van der Waals surface area contributed by atoms with Crippen LogP contribution in [0.2, 0.25) is 0 Å². The Kier molecular flexibility index (Phi) is 5.16. The molecule has 1 amide bonds. The second kappa shape index (κ2) is 7.89. The number of fused-ring (bicyclic) bond motifs is 1. The van der Waals surface area contributed by atoms with Crippen molar-refractivity contribution in [2.24, 2.45) is 0 Å². The minimum Gasteiger partial charge on any atom is -0.340 e. The quantitative estimate of drug-likeness (QED) is 0.716. The Hall–Kier alpha value is -2.72. The Balaban J connectivity index is 1.33. The summed E-state index contributed by atoms with van der Waals surface area (Å²) in [7, 11) is 0. The molecule has 27 heavy (non-hydrogen) atoms. The number of amides is 1. The molecule has 0 saturated carbocycles. The highest BCUT2D eigenvalue weighted by atomic mass is 16.2. The van der Waals surface area contributed by atoms with Crippen molar-refractivity contribution in [2.45, 2.75) is 19.9 Å². The summed E-state index contributed by atoms with van der Waals surface area (Å²) in [4.78, 5) is 21.6. The number of aryl methyl sites for hydroxylation is 1. The number of para-hydroxylation sites is 1. The summed E-state index contributed by atoms with van der Waals surface area (Å²) in [5.74, 6) is 0.233. The number of piperazine rings is 1. The summed E-state index contributed by atoms with van der Waals surface area (Å²) in [5, 5.41) is 1.18. The van der Waals surface area contributed by atoms with Gasteiger partial charge in [-0.15, -0.1) is 0 Å².